The Balaban J connectivity index is 2.09. The fourth-order valence-electron chi connectivity index (χ4n) is 1.76. The number of hydrogen-bond donors (Lipinski definition) is 1. The van der Waals surface area contributed by atoms with Gasteiger partial charge in [-0.15, -0.1) is 15.3 Å². The van der Waals surface area contributed by atoms with E-state index >= 15 is 0 Å². The van der Waals surface area contributed by atoms with Crippen molar-refractivity contribution in [1.29, 1.82) is 0 Å². The second-order valence-corrected chi connectivity index (χ2v) is 6.42. The average molecular weight is 336 g/mol. The van der Waals surface area contributed by atoms with Crippen LogP contribution in [0.5, 0.6) is 0 Å². The van der Waals surface area contributed by atoms with E-state index in [2.05, 4.69) is 25.7 Å². The molecule has 0 aliphatic carbocycles. The summed E-state index contributed by atoms with van der Waals surface area (Å²) >= 11 is 2.28. The highest BCUT2D eigenvalue weighted by Gasteiger charge is 2.20. The van der Waals surface area contributed by atoms with Crippen LogP contribution >= 0.6 is 23.1 Å². The zero-order chi connectivity index (χ0) is 15.7. The quantitative estimate of drug-likeness (QED) is 0.554. The zero-order valence-electron chi connectivity index (χ0n) is 11.1. The van der Waals surface area contributed by atoms with Crippen molar-refractivity contribution < 1.29 is 4.92 Å². The highest BCUT2D eigenvalue weighted by atomic mass is 32.2. The molecule has 0 fully saturated rings. The van der Waals surface area contributed by atoms with Crippen LogP contribution in [-0.4, -0.2) is 35.3 Å². The van der Waals surface area contributed by atoms with Crippen LogP contribution in [0, 0.1) is 17.0 Å². The number of nitrogen functional groups attached to an aromatic ring is 1. The Morgan fingerprint density at radius 1 is 1.41 bits per heavy atom. The van der Waals surface area contributed by atoms with Crippen molar-refractivity contribution in [3.8, 4) is 5.69 Å². The third-order valence-corrected chi connectivity index (χ3v) is 4.54. The third kappa shape index (κ3) is 2.73. The van der Waals surface area contributed by atoms with E-state index < -0.39 is 4.92 Å². The molecule has 2 heterocycles. The third-order valence-electron chi connectivity index (χ3n) is 2.69. The number of nitro benzene ring substituents is 1. The van der Waals surface area contributed by atoms with Crippen molar-refractivity contribution in [3.05, 3.63) is 34.1 Å². The van der Waals surface area contributed by atoms with Gasteiger partial charge in [-0.25, -0.2) is 4.68 Å². The Morgan fingerprint density at radius 2 is 2.23 bits per heavy atom. The zero-order valence-corrected chi connectivity index (χ0v) is 12.7. The lowest BCUT2D eigenvalue weighted by Gasteiger charge is -2.07. The standard InChI is InChI=1S/C10H8N8O2S2/c1-5-2-7(18(19)20)8(21-10-14-13-9(11)22-10)3-6(5)17-4-12-15-16-17/h2-4H,1H3,(H2,11,13). The van der Waals surface area contributed by atoms with Crippen molar-refractivity contribution >= 4 is 33.9 Å². The summed E-state index contributed by atoms with van der Waals surface area (Å²) in [4.78, 5) is 11.2. The van der Waals surface area contributed by atoms with Crippen LogP contribution in [0.25, 0.3) is 5.69 Å². The number of aryl methyl sites for hydroxylation is 1. The monoisotopic (exact) mass is 336 g/mol. The topological polar surface area (TPSA) is 139 Å². The van der Waals surface area contributed by atoms with E-state index in [0.29, 0.717) is 25.6 Å². The molecular formula is C10H8N8O2S2. The van der Waals surface area contributed by atoms with E-state index in [-0.39, 0.29) is 5.69 Å². The van der Waals surface area contributed by atoms with E-state index in [9.17, 15) is 10.1 Å². The molecule has 0 amide bonds. The number of nitrogens with two attached hydrogens (primary N) is 1. The summed E-state index contributed by atoms with van der Waals surface area (Å²) in [5, 5.41) is 30.1. The maximum atomic E-state index is 11.3. The van der Waals surface area contributed by atoms with Gasteiger partial charge in [0, 0.05) is 6.07 Å². The molecule has 0 saturated carbocycles. The van der Waals surface area contributed by atoms with Crippen LogP contribution in [0.2, 0.25) is 0 Å². The molecule has 3 rings (SSSR count). The van der Waals surface area contributed by atoms with Gasteiger partial charge in [0.25, 0.3) is 5.69 Å². The molecular weight excluding hydrogens is 328 g/mol. The summed E-state index contributed by atoms with van der Waals surface area (Å²) in [6.07, 6.45) is 1.42. The van der Waals surface area contributed by atoms with E-state index in [0.717, 1.165) is 23.1 Å². The minimum atomic E-state index is -0.441. The van der Waals surface area contributed by atoms with E-state index in [1.807, 2.05) is 0 Å². The number of benzene rings is 1. The van der Waals surface area contributed by atoms with Gasteiger partial charge in [0.1, 0.15) is 6.33 Å². The van der Waals surface area contributed by atoms with Crippen molar-refractivity contribution in [2.24, 2.45) is 0 Å². The molecule has 0 bridgehead atoms. The molecule has 0 aliphatic heterocycles. The van der Waals surface area contributed by atoms with Crippen LogP contribution in [0.4, 0.5) is 10.8 Å². The number of aromatic nitrogens is 6. The average Bonchev–Trinajstić information content (AvgIpc) is 3.12. The number of nitrogens with zero attached hydrogens (tertiary/aromatic N) is 7. The minimum absolute atomic E-state index is 0.0203. The van der Waals surface area contributed by atoms with Gasteiger partial charge in [-0.1, -0.05) is 11.3 Å². The van der Waals surface area contributed by atoms with Gasteiger partial charge in [0.05, 0.1) is 15.5 Å². The summed E-state index contributed by atoms with van der Waals surface area (Å²) in [6, 6.07) is 3.12. The maximum absolute atomic E-state index is 11.3. The van der Waals surface area contributed by atoms with Crippen molar-refractivity contribution in [2.45, 2.75) is 16.2 Å². The summed E-state index contributed by atoms with van der Waals surface area (Å²) < 4.78 is 1.96. The van der Waals surface area contributed by atoms with Gasteiger partial charge in [-0.3, -0.25) is 10.1 Å². The molecule has 0 spiro atoms. The molecule has 2 aromatic heterocycles. The van der Waals surface area contributed by atoms with Crippen molar-refractivity contribution in [2.75, 3.05) is 5.73 Å². The summed E-state index contributed by atoms with van der Waals surface area (Å²) in [5.74, 6) is 0. The molecule has 0 radical (unpaired) electrons. The Bertz CT molecular complexity index is 832. The molecule has 12 heteroatoms. The summed E-state index contributed by atoms with van der Waals surface area (Å²) in [5.41, 5.74) is 6.84. The minimum Gasteiger partial charge on any atom is -0.374 e. The molecule has 10 nitrogen and oxygen atoms in total. The Morgan fingerprint density at radius 3 is 2.82 bits per heavy atom. The fraction of sp³-hybridized carbons (Fsp3) is 0.100. The van der Waals surface area contributed by atoms with Crippen LogP contribution < -0.4 is 5.73 Å². The Kier molecular flexibility index (Phi) is 3.68. The smallest absolute Gasteiger partial charge is 0.283 e. The largest absolute Gasteiger partial charge is 0.374 e. The number of anilines is 1. The van der Waals surface area contributed by atoms with Crippen LogP contribution in [0.3, 0.4) is 0 Å². The number of tetrazole rings is 1. The van der Waals surface area contributed by atoms with Gasteiger partial charge in [-0.05, 0) is 40.7 Å². The van der Waals surface area contributed by atoms with Gasteiger partial charge in [-0.2, -0.15) is 0 Å². The van der Waals surface area contributed by atoms with Gasteiger partial charge in [0.2, 0.25) is 5.13 Å². The molecule has 3 aromatic rings. The first-order valence-corrected chi connectivity index (χ1v) is 7.47. The van der Waals surface area contributed by atoms with E-state index in [1.54, 1.807) is 13.0 Å². The molecule has 0 saturated heterocycles. The van der Waals surface area contributed by atoms with Crippen LogP contribution in [-0.2, 0) is 0 Å². The van der Waals surface area contributed by atoms with Gasteiger partial charge in [0.15, 0.2) is 4.34 Å². The second kappa shape index (κ2) is 5.65. The summed E-state index contributed by atoms with van der Waals surface area (Å²) in [6.45, 7) is 1.75. The van der Waals surface area contributed by atoms with Crippen LogP contribution in [0.15, 0.2) is 27.7 Å². The van der Waals surface area contributed by atoms with Crippen LogP contribution in [0.1, 0.15) is 5.56 Å². The molecule has 0 atom stereocenters. The normalized spacial score (nSPS) is 10.8. The second-order valence-electron chi connectivity index (χ2n) is 4.13. The Hall–Kier alpha value is -2.60. The predicted octanol–water partition coefficient (Wildman–Crippen LogP) is 1.46. The fourth-order valence-corrected chi connectivity index (χ4v) is 3.47. The number of rotatable bonds is 4. The summed E-state index contributed by atoms with van der Waals surface area (Å²) in [7, 11) is 0. The van der Waals surface area contributed by atoms with Gasteiger partial charge < -0.3 is 5.73 Å². The lowest BCUT2D eigenvalue weighted by molar-refractivity contribution is -0.387. The number of nitro groups is 1. The molecule has 2 N–H and O–H groups in total. The van der Waals surface area contributed by atoms with E-state index in [4.69, 9.17) is 5.73 Å². The number of hydrogen-bond acceptors (Lipinski definition) is 10. The maximum Gasteiger partial charge on any atom is 0.283 e. The molecule has 22 heavy (non-hydrogen) atoms. The lowest BCUT2D eigenvalue weighted by Crippen LogP contribution is -2.01. The first-order chi connectivity index (χ1) is 10.5. The predicted molar refractivity (Wildman–Crippen MR) is 79.0 cm³/mol. The highest BCUT2D eigenvalue weighted by Crippen LogP contribution is 2.38. The molecule has 0 unspecified atom stereocenters. The van der Waals surface area contributed by atoms with E-state index in [1.165, 1.54) is 17.1 Å². The molecule has 1 aromatic carbocycles. The van der Waals surface area contributed by atoms with Crippen molar-refractivity contribution in [1.82, 2.24) is 30.4 Å². The lowest BCUT2D eigenvalue weighted by atomic mass is 10.2. The Labute approximate surface area is 131 Å². The molecule has 0 aliphatic rings. The first-order valence-electron chi connectivity index (χ1n) is 5.84. The molecule has 112 valence electrons. The van der Waals surface area contributed by atoms with Gasteiger partial charge >= 0.3 is 0 Å². The SMILES string of the molecule is Cc1cc([N+](=O)[O-])c(Sc2nnc(N)s2)cc1-n1cnnn1. The van der Waals surface area contributed by atoms with Crippen molar-refractivity contribution in [3.63, 3.8) is 0 Å². The first kappa shape index (κ1) is 14.3. The highest BCUT2D eigenvalue weighted by molar-refractivity contribution is 8.01.